The lowest BCUT2D eigenvalue weighted by Crippen LogP contribution is -2.52. The lowest BCUT2D eigenvalue weighted by atomic mass is 9.79. The number of amides is 2. The first-order valence-electron chi connectivity index (χ1n) is 8.52. The summed E-state index contributed by atoms with van der Waals surface area (Å²) >= 11 is 0. The summed E-state index contributed by atoms with van der Waals surface area (Å²) < 4.78 is 31.1. The van der Waals surface area contributed by atoms with Crippen LogP contribution >= 0.6 is 0 Å². The Morgan fingerprint density at radius 1 is 1.25 bits per heavy atom. The van der Waals surface area contributed by atoms with Crippen molar-refractivity contribution in [2.45, 2.75) is 24.7 Å². The summed E-state index contributed by atoms with van der Waals surface area (Å²) in [5.74, 6) is 4.49. The molecule has 1 aliphatic heterocycles. The van der Waals surface area contributed by atoms with E-state index in [2.05, 4.69) is 11.8 Å². The van der Waals surface area contributed by atoms with Gasteiger partial charge >= 0.3 is 6.09 Å². The third-order valence-electron chi connectivity index (χ3n) is 4.71. The Balaban J connectivity index is 2.19. The molecule has 0 saturated carbocycles. The second-order valence-corrected chi connectivity index (χ2v) is 8.43. The van der Waals surface area contributed by atoms with Crippen LogP contribution in [0.3, 0.4) is 0 Å². The SMILES string of the molecule is CC#CCOc1ccc(S(=O)(=O)CC2(C(=O)NO)CCN(C(=O)O)CC2)cc1. The smallest absolute Gasteiger partial charge is 0.407 e. The molecular weight excluding hydrogens is 388 g/mol. The summed E-state index contributed by atoms with van der Waals surface area (Å²) in [6.07, 6.45) is -1.16. The molecule has 2 amide bonds. The molecule has 1 aliphatic rings. The van der Waals surface area contributed by atoms with Gasteiger partial charge in [-0.3, -0.25) is 10.0 Å². The maximum absolute atomic E-state index is 12.9. The third kappa shape index (κ3) is 4.94. The van der Waals surface area contributed by atoms with Gasteiger partial charge in [-0.2, -0.15) is 0 Å². The molecule has 1 aromatic carbocycles. The van der Waals surface area contributed by atoms with Crippen LogP contribution in [-0.2, 0) is 14.6 Å². The van der Waals surface area contributed by atoms with Crippen molar-refractivity contribution in [3.8, 4) is 17.6 Å². The average Bonchev–Trinajstić information content (AvgIpc) is 2.68. The number of sulfone groups is 1. The molecule has 0 unspecified atom stereocenters. The molecule has 0 bridgehead atoms. The van der Waals surface area contributed by atoms with E-state index in [0.717, 1.165) is 4.90 Å². The van der Waals surface area contributed by atoms with Crippen molar-refractivity contribution in [1.29, 1.82) is 0 Å². The van der Waals surface area contributed by atoms with Crippen LogP contribution in [0.5, 0.6) is 5.75 Å². The van der Waals surface area contributed by atoms with E-state index in [1.807, 2.05) is 0 Å². The maximum Gasteiger partial charge on any atom is 0.407 e. The van der Waals surface area contributed by atoms with Gasteiger partial charge in [0.25, 0.3) is 5.91 Å². The average molecular weight is 410 g/mol. The minimum atomic E-state index is -3.87. The lowest BCUT2D eigenvalue weighted by molar-refractivity contribution is -0.141. The minimum Gasteiger partial charge on any atom is -0.481 e. The Morgan fingerprint density at radius 2 is 1.86 bits per heavy atom. The van der Waals surface area contributed by atoms with E-state index in [0.29, 0.717) is 5.75 Å². The summed E-state index contributed by atoms with van der Waals surface area (Å²) in [7, 11) is -3.87. The highest BCUT2D eigenvalue weighted by molar-refractivity contribution is 7.91. The summed E-state index contributed by atoms with van der Waals surface area (Å²) in [6, 6.07) is 5.74. The summed E-state index contributed by atoms with van der Waals surface area (Å²) in [4.78, 5) is 24.4. The number of hydrogen-bond acceptors (Lipinski definition) is 6. The number of carbonyl (C=O) groups excluding carboxylic acids is 1. The second-order valence-electron chi connectivity index (χ2n) is 6.44. The van der Waals surface area contributed by atoms with E-state index in [-0.39, 0.29) is 37.4 Å². The summed E-state index contributed by atoms with van der Waals surface area (Å²) in [6.45, 7) is 1.87. The molecule has 2 rings (SSSR count). The second kappa shape index (κ2) is 8.95. The van der Waals surface area contributed by atoms with Gasteiger partial charge in [0.1, 0.15) is 12.4 Å². The normalized spacial score (nSPS) is 15.9. The first-order valence-corrected chi connectivity index (χ1v) is 10.2. The fourth-order valence-electron chi connectivity index (χ4n) is 3.06. The van der Waals surface area contributed by atoms with E-state index in [9.17, 15) is 18.0 Å². The number of benzene rings is 1. The van der Waals surface area contributed by atoms with Gasteiger partial charge in [0.05, 0.1) is 16.1 Å². The number of hydroxylamine groups is 1. The van der Waals surface area contributed by atoms with E-state index >= 15 is 0 Å². The third-order valence-corrected chi connectivity index (χ3v) is 6.63. The molecule has 0 radical (unpaired) electrons. The predicted octanol–water partition coefficient (Wildman–Crippen LogP) is 1.13. The Morgan fingerprint density at radius 3 is 2.36 bits per heavy atom. The molecule has 28 heavy (non-hydrogen) atoms. The number of carbonyl (C=O) groups is 2. The van der Waals surface area contributed by atoms with Gasteiger partial charge in [-0.15, -0.1) is 5.92 Å². The van der Waals surface area contributed by atoms with Crippen molar-refractivity contribution < 1.29 is 33.1 Å². The van der Waals surface area contributed by atoms with Crippen molar-refractivity contribution in [1.82, 2.24) is 10.4 Å². The monoisotopic (exact) mass is 410 g/mol. The number of likely N-dealkylation sites (tertiary alicyclic amines) is 1. The first kappa shape index (κ1) is 21.5. The van der Waals surface area contributed by atoms with Gasteiger partial charge in [0.15, 0.2) is 9.84 Å². The standard InChI is InChI=1S/C18H22N2O7S/c1-2-3-12-27-14-4-6-15(7-5-14)28(25,26)13-18(16(21)19-24)8-10-20(11-9-18)17(22)23/h4-7,24H,8-13H2,1H3,(H,19,21)(H,22,23). The molecule has 0 aliphatic carbocycles. The van der Waals surface area contributed by atoms with Crippen molar-refractivity contribution in [2.24, 2.45) is 5.41 Å². The highest BCUT2D eigenvalue weighted by atomic mass is 32.2. The van der Waals surface area contributed by atoms with Gasteiger partial charge in [0.2, 0.25) is 0 Å². The molecule has 0 atom stereocenters. The van der Waals surface area contributed by atoms with Crippen LogP contribution < -0.4 is 10.2 Å². The minimum absolute atomic E-state index is 0.00349. The Labute approximate surface area is 163 Å². The van der Waals surface area contributed by atoms with Crippen molar-refractivity contribution >= 4 is 21.8 Å². The van der Waals surface area contributed by atoms with Gasteiger partial charge in [-0.1, -0.05) is 5.92 Å². The number of carboxylic acid groups (broad SMARTS) is 1. The zero-order valence-corrected chi connectivity index (χ0v) is 16.2. The van der Waals surface area contributed by atoms with Gasteiger partial charge in [-0.05, 0) is 44.0 Å². The van der Waals surface area contributed by atoms with Crippen LogP contribution in [0.4, 0.5) is 4.79 Å². The highest BCUT2D eigenvalue weighted by Gasteiger charge is 2.46. The van der Waals surface area contributed by atoms with Crippen LogP contribution in [0.25, 0.3) is 0 Å². The van der Waals surface area contributed by atoms with E-state index < -0.39 is 33.0 Å². The number of ether oxygens (including phenoxy) is 1. The Kier molecular flexibility index (Phi) is 6.88. The molecule has 1 fully saturated rings. The number of nitrogens with one attached hydrogen (secondary N) is 1. The number of piperidine rings is 1. The topological polar surface area (TPSA) is 133 Å². The molecule has 9 nitrogen and oxygen atoms in total. The fraction of sp³-hybridized carbons (Fsp3) is 0.444. The van der Waals surface area contributed by atoms with Gasteiger partial charge < -0.3 is 14.7 Å². The van der Waals surface area contributed by atoms with Crippen LogP contribution in [-0.4, -0.2) is 61.1 Å². The molecule has 1 aromatic rings. The maximum atomic E-state index is 12.9. The van der Waals surface area contributed by atoms with E-state index in [4.69, 9.17) is 15.1 Å². The molecule has 1 heterocycles. The number of nitrogens with zero attached hydrogens (tertiary/aromatic N) is 1. The summed E-state index contributed by atoms with van der Waals surface area (Å²) in [5, 5.41) is 18.1. The molecule has 3 N–H and O–H groups in total. The molecule has 0 spiro atoms. The van der Waals surface area contributed by atoms with Crippen LogP contribution in [0.15, 0.2) is 29.2 Å². The van der Waals surface area contributed by atoms with Crippen molar-refractivity contribution in [3.05, 3.63) is 24.3 Å². The molecule has 10 heteroatoms. The fourth-order valence-corrected chi connectivity index (χ4v) is 4.93. The first-order chi connectivity index (χ1) is 13.2. The van der Waals surface area contributed by atoms with Crippen molar-refractivity contribution in [3.63, 3.8) is 0 Å². The Hall–Kier alpha value is -2.77. The van der Waals surface area contributed by atoms with Gasteiger partial charge in [-0.25, -0.2) is 18.7 Å². The van der Waals surface area contributed by atoms with E-state index in [1.54, 1.807) is 6.92 Å². The van der Waals surface area contributed by atoms with Crippen LogP contribution in [0.1, 0.15) is 19.8 Å². The van der Waals surface area contributed by atoms with Gasteiger partial charge in [0, 0.05) is 13.1 Å². The predicted molar refractivity (Wildman–Crippen MR) is 98.6 cm³/mol. The molecule has 0 aromatic heterocycles. The Bertz CT molecular complexity index is 877. The lowest BCUT2D eigenvalue weighted by Gasteiger charge is -2.38. The largest absolute Gasteiger partial charge is 0.481 e. The molecular formula is C18H22N2O7S. The molecule has 152 valence electrons. The number of hydrogen-bond donors (Lipinski definition) is 3. The highest BCUT2D eigenvalue weighted by Crippen LogP contribution is 2.35. The summed E-state index contributed by atoms with van der Waals surface area (Å²) in [5.41, 5.74) is 0.118. The molecule has 1 saturated heterocycles. The van der Waals surface area contributed by atoms with Crippen molar-refractivity contribution in [2.75, 3.05) is 25.4 Å². The van der Waals surface area contributed by atoms with E-state index in [1.165, 1.54) is 29.7 Å². The zero-order valence-electron chi connectivity index (χ0n) is 15.3. The zero-order chi connectivity index (χ0) is 20.8. The number of rotatable bonds is 6. The van der Waals surface area contributed by atoms with Crippen LogP contribution in [0.2, 0.25) is 0 Å². The van der Waals surface area contributed by atoms with Crippen LogP contribution in [0, 0.1) is 17.3 Å². The quantitative estimate of drug-likeness (QED) is 0.364.